The van der Waals surface area contributed by atoms with Gasteiger partial charge in [0.05, 0.1) is 0 Å². The summed E-state index contributed by atoms with van der Waals surface area (Å²) in [5, 5.41) is 0. The molecule has 1 rings (SSSR count). The van der Waals surface area contributed by atoms with Crippen LogP contribution in [0.3, 0.4) is 0 Å². The first-order valence-corrected chi connectivity index (χ1v) is 5.85. The van der Waals surface area contributed by atoms with Crippen molar-refractivity contribution in [3.63, 3.8) is 0 Å². The van der Waals surface area contributed by atoms with E-state index in [1.54, 1.807) is 0 Å². The first-order valence-electron chi connectivity index (χ1n) is 5.85. The molecule has 0 aliphatic heterocycles. The molecule has 0 aromatic carbocycles. The molecule has 0 N–H and O–H groups in total. The van der Waals surface area contributed by atoms with Crippen LogP contribution in [0.4, 0.5) is 0 Å². The molecule has 1 aliphatic rings. The van der Waals surface area contributed by atoms with Gasteiger partial charge in [-0.05, 0) is 30.2 Å². The van der Waals surface area contributed by atoms with Crippen molar-refractivity contribution in [1.29, 1.82) is 0 Å². The van der Waals surface area contributed by atoms with Crippen molar-refractivity contribution in [2.24, 2.45) is 16.7 Å². The van der Waals surface area contributed by atoms with E-state index in [9.17, 15) is 0 Å². The molecule has 1 aliphatic carbocycles. The minimum Gasteiger partial charge on any atom is -0.303 e. The molecular weight excluding hydrogens is 170 g/mol. The van der Waals surface area contributed by atoms with E-state index >= 15 is 0 Å². The summed E-state index contributed by atoms with van der Waals surface area (Å²) in [5.74, 6) is 0.767. The van der Waals surface area contributed by atoms with Gasteiger partial charge < -0.3 is 4.90 Å². The Bertz CT molecular complexity index is 200. The molecule has 0 saturated heterocycles. The van der Waals surface area contributed by atoms with Crippen LogP contribution in [0.1, 0.15) is 48.0 Å². The van der Waals surface area contributed by atoms with Crippen molar-refractivity contribution in [2.75, 3.05) is 13.6 Å². The molecule has 2 atom stereocenters. The fraction of sp³-hybridized carbons (Fsp3) is 1.00. The van der Waals surface area contributed by atoms with Gasteiger partial charge in [0.15, 0.2) is 0 Å². The van der Waals surface area contributed by atoms with Crippen LogP contribution < -0.4 is 0 Å². The summed E-state index contributed by atoms with van der Waals surface area (Å²) in [6.07, 6.45) is 1.38. The molecule has 0 radical (unpaired) electrons. The monoisotopic (exact) mass is 197 g/mol. The van der Waals surface area contributed by atoms with E-state index in [0.717, 1.165) is 12.0 Å². The second-order valence-corrected chi connectivity index (χ2v) is 6.92. The predicted molar refractivity (Wildman–Crippen MR) is 63.4 cm³/mol. The number of rotatable bonds is 3. The Morgan fingerprint density at radius 3 is 2.07 bits per heavy atom. The highest BCUT2D eigenvalue weighted by atomic mass is 15.2. The van der Waals surface area contributed by atoms with Crippen molar-refractivity contribution >= 4 is 0 Å². The molecule has 2 unspecified atom stereocenters. The van der Waals surface area contributed by atoms with Crippen molar-refractivity contribution in [3.8, 4) is 0 Å². The van der Waals surface area contributed by atoms with Gasteiger partial charge in [-0.3, -0.25) is 0 Å². The first kappa shape index (κ1) is 12.0. The highest BCUT2D eigenvalue weighted by Gasteiger charge is 2.48. The van der Waals surface area contributed by atoms with E-state index in [1.165, 1.54) is 13.0 Å². The zero-order chi connectivity index (χ0) is 11.1. The summed E-state index contributed by atoms with van der Waals surface area (Å²) in [6, 6.07) is 0.826. The Hall–Kier alpha value is -0.0400. The van der Waals surface area contributed by atoms with Crippen molar-refractivity contribution in [1.82, 2.24) is 4.90 Å². The van der Waals surface area contributed by atoms with Crippen molar-refractivity contribution in [3.05, 3.63) is 0 Å². The topological polar surface area (TPSA) is 3.24 Å². The summed E-state index contributed by atoms with van der Waals surface area (Å²) in [7, 11) is 2.28. The van der Waals surface area contributed by atoms with Crippen LogP contribution in [0, 0.1) is 16.7 Å². The van der Waals surface area contributed by atoms with Crippen molar-refractivity contribution in [2.45, 2.75) is 54.0 Å². The maximum Gasteiger partial charge on any atom is 0.0150 e. The molecular formula is C13H27N. The largest absolute Gasteiger partial charge is 0.303 e. The third kappa shape index (κ3) is 2.73. The molecule has 0 amide bonds. The summed E-state index contributed by atoms with van der Waals surface area (Å²) >= 11 is 0. The van der Waals surface area contributed by atoms with Crippen LogP contribution in [0.5, 0.6) is 0 Å². The van der Waals surface area contributed by atoms with Crippen LogP contribution in [0.25, 0.3) is 0 Å². The van der Waals surface area contributed by atoms with Gasteiger partial charge in [-0.2, -0.15) is 0 Å². The molecule has 0 aromatic heterocycles. The number of hydrogen-bond acceptors (Lipinski definition) is 1. The smallest absolute Gasteiger partial charge is 0.0150 e. The van der Waals surface area contributed by atoms with Gasteiger partial charge in [-0.15, -0.1) is 0 Å². The average molecular weight is 197 g/mol. The van der Waals surface area contributed by atoms with Crippen LogP contribution in [-0.2, 0) is 0 Å². The molecule has 84 valence electrons. The summed E-state index contributed by atoms with van der Waals surface area (Å²) in [6.45, 7) is 15.4. The lowest BCUT2D eigenvalue weighted by Crippen LogP contribution is -2.34. The maximum absolute atomic E-state index is 2.55. The predicted octanol–water partition coefficient (Wildman–Crippen LogP) is 3.40. The maximum atomic E-state index is 2.55. The Kier molecular flexibility index (Phi) is 3.02. The molecule has 1 nitrogen and oxygen atoms in total. The lowest BCUT2D eigenvalue weighted by Gasteiger charge is -2.31. The van der Waals surface area contributed by atoms with E-state index in [0.29, 0.717) is 10.8 Å². The minimum atomic E-state index is 0.438. The average Bonchev–Trinajstić information content (AvgIpc) is 2.57. The zero-order valence-electron chi connectivity index (χ0n) is 11.0. The molecule has 1 heteroatoms. The number of nitrogens with zero attached hydrogens (tertiary/aromatic N) is 1. The van der Waals surface area contributed by atoms with Gasteiger partial charge in [0.2, 0.25) is 0 Å². The lowest BCUT2D eigenvalue weighted by molar-refractivity contribution is 0.168. The highest BCUT2D eigenvalue weighted by Crippen LogP contribution is 2.48. The van der Waals surface area contributed by atoms with E-state index in [4.69, 9.17) is 0 Å². The quantitative estimate of drug-likeness (QED) is 0.670. The van der Waals surface area contributed by atoms with Crippen LogP contribution in [0.15, 0.2) is 0 Å². The fourth-order valence-electron chi connectivity index (χ4n) is 2.02. The second-order valence-electron chi connectivity index (χ2n) is 6.92. The first-order chi connectivity index (χ1) is 6.14. The second kappa shape index (κ2) is 3.52. The normalized spacial score (nSPS) is 27.9. The molecule has 0 bridgehead atoms. The van der Waals surface area contributed by atoms with E-state index in [-0.39, 0.29) is 0 Å². The SMILES string of the molecule is CC(CN(C)C1CC1(C)C)C(C)(C)C. The molecule has 0 aromatic rings. The van der Waals surface area contributed by atoms with E-state index < -0.39 is 0 Å². The van der Waals surface area contributed by atoms with Gasteiger partial charge in [0, 0.05) is 12.6 Å². The highest BCUT2D eigenvalue weighted by molar-refractivity contribution is 5.02. The standard InChI is InChI=1S/C13H27N/c1-10(12(2,3)4)9-14(7)11-8-13(11,5)6/h10-11H,8-9H2,1-7H3. The fourth-order valence-corrected chi connectivity index (χ4v) is 2.02. The third-order valence-corrected chi connectivity index (χ3v) is 4.03. The van der Waals surface area contributed by atoms with Gasteiger partial charge in [0.1, 0.15) is 0 Å². The van der Waals surface area contributed by atoms with Gasteiger partial charge >= 0.3 is 0 Å². The van der Waals surface area contributed by atoms with Crippen molar-refractivity contribution < 1.29 is 0 Å². The van der Waals surface area contributed by atoms with Crippen LogP contribution in [-0.4, -0.2) is 24.5 Å². The summed E-state index contributed by atoms with van der Waals surface area (Å²) < 4.78 is 0. The van der Waals surface area contributed by atoms with Gasteiger partial charge in [-0.1, -0.05) is 41.5 Å². The third-order valence-electron chi connectivity index (χ3n) is 4.03. The zero-order valence-corrected chi connectivity index (χ0v) is 11.0. The molecule has 1 fully saturated rings. The van der Waals surface area contributed by atoms with E-state index in [2.05, 4.69) is 53.5 Å². The van der Waals surface area contributed by atoms with E-state index in [1.807, 2.05) is 0 Å². The van der Waals surface area contributed by atoms with Crippen LogP contribution in [0.2, 0.25) is 0 Å². The number of hydrogen-bond donors (Lipinski definition) is 0. The van der Waals surface area contributed by atoms with Crippen LogP contribution >= 0.6 is 0 Å². The molecule has 14 heavy (non-hydrogen) atoms. The summed E-state index contributed by atoms with van der Waals surface area (Å²) in [5.41, 5.74) is 1.01. The van der Waals surface area contributed by atoms with Gasteiger partial charge in [-0.25, -0.2) is 0 Å². The molecule has 0 spiro atoms. The summed E-state index contributed by atoms with van der Waals surface area (Å²) in [4.78, 5) is 2.55. The lowest BCUT2D eigenvalue weighted by atomic mass is 9.82. The Labute approximate surface area is 89.9 Å². The van der Waals surface area contributed by atoms with Gasteiger partial charge in [0.25, 0.3) is 0 Å². The Morgan fingerprint density at radius 2 is 1.79 bits per heavy atom. The molecule has 0 heterocycles. The molecule has 1 saturated carbocycles. The Morgan fingerprint density at radius 1 is 1.36 bits per heavy atom. The Balaban J connectivity index is 2.39. The minimum absolute atomic E-state index is 0.438.